The molecular formula is C35H38N2O4S. The number of nitrogens with one attached hydrogen (secondary N) is 1. The van der Waals surface area contributed by atoms with Gasteiger partial charge in [0.25, 0.3) is 5.91 Å². The molecule has 4 aromatic rings. The lowest BCUT2D eigenvalue weighted by Crippen LogP contribution is -2.27. The number of benzene rings is 2. The highest BCUT2D eigenvalue weighted by Gasteiger charge is 2.33. The zero-order chi connectivity index (χ0) is 30.0. The summed E-state index contributed by atoms with van der Waals surface area (Å²) in [6.45, 7) is 12.5. The maximum absolute atomic E-state index is 13.6. The molecule has 1 N–H and O–H groups in total. The van der Waals surface area contributed by atoms with Crippen LogP contribution in [-0.2, 0) is 17.6 Å². The fourth-order valence-electron chi connectivity index (χ4n) is 5.39. The highest BCUT2D eigenvalue weighted by molar-refractivity contribution is 7.16. The maximum Gasteiger partial charge on any atom is 0.338 e. The van der Waals surface area contributed by atoms with Gasteiger partial charge in [-0.1, -0.05) is 45.0 Å². The number of amides is 1. The summed E-state index contributed by atoms with van der Waals surface area (Å²) in [6.07, 6.45) is 4.38. The number of fused-ring (bicyclic) bond motifs is 1. The molecule has 0 unspecified atom stereocenters. The fraction of sp³-hybridized carbons (Fsp3) is 0.343. The molecule has 5 rings (SSSR count). The number of hydrogen-bond donors (Lipinski definition) is 1. The van der Waals surface area contributed by atoms with Crippen molar-refractivity contribution in [1.82, 2.24) is 0 Å². The SMILES string of the molecule is Cc1cc(C(=O)OC(C)C)ccc1-c1ccc(C=Nc2sc3c(c2C(=O)Nc2ccccc2)CC[C@H](C(C)(C)C)C3)o1. The quantitative estimate of drug-likeness (QED) is 0.174. The third kappa shape index (κ3) is 6.57. The van der Waals surface area contributed by atoms with E-state index in [-0.39, 0.29) is 23.4 Å². The van der Waals surface area contributed by atoms with Crippen molar-refractivity contribution in [2.45, 2.75) is 66.9 Å². The van der Waals surface area contributed by atoms with Crippen LogP contribution in [0.15, 0.2) is 70.1 Å². The number of aliphatic imine (C=N–C) groups is 1. The van der Waals surface area contributed by atoms with E-state index >= 15 is 0 Å². The number of aryl methyl sites for hydroxylation is 1. The Morgan fingerprint density at radius 1 is 1.10 bits per heavy atom. The summed E-state index contributed by atoms with van der Waals surface area (Å²) in [5, 5.41) is 3.77. The van der Waals surface area contributed by atoms with Crippen LogP contribution in [0.1, 0.15) is 83.5 Å². The number of thiophene rings is 1. The van der Waals surface area contributed by atoms with Crippen LogP contribution in [0.2, 0.25) is 0 Å². The van der Waals surface area contributed by atoms with E-state index in [1.54, 1.807) is 23.6 Å². The molecule has 1 aliphatic carbocycles. The van der Waals surface area contributed by atoms with E-state index in [1.165, 1.54) is 4.88 Å². The second-order valence-electron chi connectivity index (χ2n) is 12.3. The van der Waals surface area contributed by atoms with E-state index in [9.17, 15) is 9.59 Å². The highest BCUT2D eigenvalue weighted by Crippen LogP contribution is 2.45. The van der Waals surface area contributed by atoms with Crippen LogP contribution < -0.4 is 5.32 Å². The van der Waals surface area contributed by atoms with E-state index < -0.39 is 0 Å². The number of anilines is 1. The lowest BCUT2D eigenvalue weighted by molar-refractivity contribution is 0.0377. The van der Waals surface area contributed by atoms with Crippen LogP contribution in [0.4, 0.5) is 10.7 Å². The minimum atomic E-state index is -0.341. The van der Waals surface area contributed by atoms with Gasteiger partial charge in [0.15, 0.2) is 0 Å². The summed E-state index contributed by atoms with van der Waals surface area (Å²) in [5.74, 6) is 1.35. The number of hydrogen-bond acceptors (Lipinski definition) is 6. The first-order valence-electron chi connectivity index (χ1n) is 14.5. The average molecular weight is 583 g/mol. The van der Waals surface area contributed by atoms with Crippen LogP contribution in [0, 0.1) is 18.3 Å². The molecule has 218 valence electrons. The van der Waals surface area contributed by atoms with Gasteiger partial charge in [-0.2, -0.15) is 0 Å². The molecular weight excluding hydrogens is 544 g/mol. The third-order valence-electron chi connectivity index (χ3n) is 7.74. The van der Waals surface area contributed by atoms with Gasteiger partial charge in [0.1, 0.15) is 16.5 Å². The second kappa shape index (κ2) is 12.1. The largest absolute Gasteiger partial charge is 0.459 e. The number of carbonyl (C=O) groups excluding carboxylic acids is 2. The average Bonchev–Trinajstić information content (AvgIpc) is 3.55. The van der Waals surface area contributed by atoms with Gasteiger partial charge < -0.3 is 14.5 Å². The molecule has 42 heavy (non-hydrogen) atoms. The maximum atomic E-state index is 13.6. The molecule has 0 radical (unpaired) electrons. The lowest BCUT2D eigenvalue weighted by Gasteiger charge is -2.33. The van der Waals surface area contributed by atoms with Crippen LogP contribution in [0.3, 0.4) is 0 Å². The molecule has 0 fully saturated rings. The van der Waals surface area contributed by atoms with Gasteiger partial charge in [-0.15, -0.1) is 11.3 Å². The zero-order valence-electron chi connectivity index (χ0n) is 25.1. The van der Waals surface area contributed by atoms with Crippen molar-refractivity contribution in [3.8, 4) is 11.3 Å². The number of furan rings is 1. The van der Waals surface area contributed by atoms with Gasteiger partial charge in [0, 0.05) is 16.1 Å². The number of ether oxygens (including phenoxy) is 1. The van der Waals surface area contributed by atoms with Crippen molar-refractivity contribution in [3.63, 3.8) is 0 Å². The molecule has 0 saturated heterocycles. The molecule has 1 amide bonds. The summed E-state index contributed by atoms with van der Waals surface area (Å²) in [7, 11) is 0. The summed E-state index contributed by atoms with van der Waals surface area (Å²) >= 11 is 1.61. The Hall–Kier alpha value is -3.97. The Bertz CT molecular complexity index is 1620. The van der Waals surface area contributed by atoms with Gasteiger partial charge in [0.2, 0.25) is 0 Å². The topological polar surface area (TPSA) is 80.9 Å². The summed E-state index contributed by atoms with van der Waals surface area (Å²) < 4.78 is 11.5. The first kappa shape index (κ1) is 29.5. The van der Waals surface area contributed by atoms with Gasteiger partial charge in [-0.05, 0) is 98.9 Å². The van der Waals surface area contributed by atoms with E-state index in [0.29, 0.717) is 33.6 Å². The van der Waals surface area contributed by atoms with Gasteiger partial charge in [0.05, 0.1) is 23.4 Å². The number of nitrogens with zero attached hydrogens (tertiary/aromatic N) is 1. The van der Waals surface area contributed by atoms with E-state index in [4.69, 9.17) is 14.1 Å². The molecule has 0 saturated carbocycles. The van der Waals surface area contributed by atoms with Crippen molar-refractivity contribution in [2.75, 3.05) is 5.32 Å². The summed E-state index contributed by atoms with van der Waals surface area (Å²) in [6, 6.07) is 18.7. The van der Waals surface area contributed by atoms with Crippen molar-refractivity contribution >= 4 is 40.1 Å². The first-order chi connectivity index (χ1) is 20.0. The Morgan fingerprint density at radius 3 is 2.55 bits per heavy atom. The van der Waals surface area contributed by atoms with Crippen molar-refractivity contribution in [2.24, 2.45) is 16.3 Å². The molecule has 2 aromatic carbocycles. The van der Waals surface area contributed by atoms with Crippen LogP contribution >= 0.6 is 11.3 Å². The molecule has 7 heteroatoms. The predicted molar refractivity (Wildman–Crippen MR) is 170 cm³/mol. The molecule has 2 aromatic heterocycles. The molecule has 2 heterocycles. The minimum Gasteiger partial charge on any atom is -0.459 e. The summed E-state index contributed by atoms with van der Waals surface area (Å²) in [4.78, 5) is 31.9. The van der Waals surface area contributed by atoms with E-state index in [1.807, 2.05) is 75.4 Å². The van der Waals surface area contributed by atoms with Crippen molar-refractivity contribution < 1.29 is 18.7 Å². The summed E-state index contributed by atoms with van der Waals surface area (Å²) in [5.41, 5.74) is 5.04. The standard InChI is InChI=1S/C35H38N2O4S/c1-21(2)40-34(39)23-12-15-27(22(3)18-23)29-17-14-26(41-29)20-36-33-31(32(38)37-25-10-8-7-9-11-25)28-16-13-24(35(4,5)6)19-30(28)42-33/h7-12,14-15,17-18,20-21,24H,13,16,19H2,1-6H3,(H,37,38)/t24-/m0/s1. The Balaban J connectivity index is 1.42. The monoisotopic (exact) mass is 582 g/mol. The molecule has 6 nitrogen and oxygen atoms in total. The number of para-hydroxylation sites is 1. The molecule has 1 aliphatic rings. The van der Waals surface area contributed by atoms with Crippen LogP contribution in [-0.4, -0.2) is 24.2 Å². The number of rotatable bonds is 7. The normalized spacial score (nSPS) is 15.2. The number of esters is 1. The fourth-order valence-corrected chi connectivity index (χ4v) is 6.66. The molecule has 0 spiro atoms. The lowest BCUT2D eigenvalue weighted by atomic mass is 9.72. The Labute approximate surface area is 251 Å². The number of carbonyl (C=O) groups is 2. The third-order valence-corrected chi connectivity index (χ3v) is 8.90. The Kier molecular flexibility index (Phi) is 8.50. The second-order valence-corrected chi connectivity index (χ2v) is 13.3. The highest BCUT2D eigenvalue weighted by atomic mass is 32.1. The smallest absolute Gasteiger partial charge is 0.338 e. The van der Waals surface area contributed by atoms with E-state index in [2.05, 4.69) is 26.1 Å². The minimum absolute atomic E-state index is 0.132. The van der Waals surface area contributed by atoms with Crippen molar-refractivity contribution in [1.29, 1.82) is 0 Å². The molecule has 1 atom stereocenters. The van der Waals surface area contributed by atoms with Gasteiger partial charge in [-0.3, -0.25) is 4.79 Å². The molecule has 0 aliphatic heterocycles. The first-order valence-corrected chi connectivity index (χ1v) is 15.3. The zero-order valence-corrected chi connectivity index (χ0v) is 25.9. The predicted octanol–water partition coefficient (Wildman–Crippen LogP) is 9.04. The van der Waals surface area contributed by atoms with Crippen LogP contribution in [0.25, 0.3) is 11.3 Å². The Morgan fingerprint density at radius 2 is 1.86 bits per heavy atom. The van der Waals surface area contributed by atoms with Crippen molar-refractivity contribution in [3.05, 3.63) is 93.6 Å². The van der Waals surface area contributed by atoms with Gasteiger partial charge in [-0.25, -0.2) is 9.79 Å². The van der Waals surface area contributed by atoms with E-state index in [0.717, 1.165) is 41.6 Å². The van der Waals surface area contributed by atoms with Gasteiger partial charge >= 0.3 is 5.97 Å². The molecule has 0 bridgehead atoms. The van der Waals surface area contributed by atoms with Crippen LogP contribution in [0.5, 0.6) is 0 Å².